The number of rotatable bonds is 4. The van der Waals surface area contributed by atoms with Crippen molar-refractivity contribution in [2.24, 2.45) is 5.73 Å². The van der Waals surface area contributed by atoms with Crippen LogP contribution in [0.25, 0.3) is 10.9 Å². The highest BCUT2D eigenvalue weighted by Crippen LogP contribution is 2.29. The van der Waals surface area contributed by atoms with Crippen LogP contribution in [0.3, 0.4) is 0 Å². The highest BCUT2D eigenvalue weighted by atomic mass is 16.1. The van der Waals surface area contributed by atoms with Crippen molar-refractivity contribution in [2.45, 2.75) is 38.6 Å². The molecule has 106 valence electrons. The molecule has 0 radical (unpaired) electrons. The van der Waals surface area contributed by atoms with E-state index in [4.69, 9.17) is 5.73 Å². The molecule has 3 rings (SSSR count). The Morgan fingerprint density at radius 1 is 1.50 bits per heavy atom. The van der Waals surface area contributed by atoms with Crippen LogP contribution < -0.4 is 11.1 Å². The van der Waals surface area contributed by atoms with Gasteiger partial charge in [-0.2, -0.15) is 0 Å². The van der Waals surface area contributed by atoms with E-state index in [1.54, 1.807) is 6.07 Å². The number of hydrogen-bond donors (Lipinski definition) is 3. The van der Waals surface area contributed by atoms with Gasteiger partial charge in [0.2, 0.25) is 5.91 Å². The molecule has 20 heavy (non-hydrogen) atoms. The molecule has 0 spiro atoms. The van der Waals surface area contributed by atoms with Gasteiger partial charge in [0.1, 0.15) is 0 Å². The Bertz CT molecular complexity index is 644. The fraction of sp³-hybridized carbons (Fsp3) is 0.438. The lowest BCUT2D eigenvalue weighted by Gasteiger charge is -2.23. The molecule has 1 heterocycles. The first-order chi connectivity index (χ1) is 9.69. The number of aromatic nitrogens is 1. The standard InChI is InChI=1S/C16H21N3O/c1-2-7-18-11-4-6-15-13(9-11)12-8-10(16(17)20)3-5-14(12)19-15/h3,5,8,11,18-19H,2,4,6-7,9H2,1H3,(H2,17,20). The van der Waals surface area contributed by atoms with Crippen molar-refractivity contribution in [3.05, 3.63) is 35.0 Å². The quantitative estimate of drug-likeness (QED) is 0.797. The number of fused-ring (bicyclic) bond motifs is 3. The fourth-order valence-electron chi connectivity index (χ4n) is 3.09. The number of primary amides is 1. The third-order valence-electron chi connectivity index (χ3n) is 4.16. The number of carbonyl (C=O) groups excluding carboxylic acids is 1. The number of benzene rings is 1. The van der Waals surface area contributed by atoms with Crippen molar-refractivity contribution in [1.29, 1.82) is 0 Å². The number of nitrogens with two attached hydrogens (primary N) is 1. The minimum Gasteiger partial charge on any atom is -0.366 e. The summed E-state index contributed by atoms with van der Waals surface area (Å²) in [6.07, 6.45) is 4.42. The van der Waals surface area contributed by atoms with Crippen LogP contribution in [-0.4, -0.2) is 23.5 Å². The van der Waals surface area contributed by atoms with Gasteiger partial charge in [0, 0.05) is 28.2 Å². The molecule has 1 unspecified atom stereocenters. The molecular weight excluding hydrogens is 250 g/mol. The summed E-state index contributed by atoms with van der Waals surface area (Å²) in [7, 11) is 0. The Labute approximate surface area is 118 Å². The van der Waals surface area contributed by atoms with E-state index in [2.05, 4.69) is 17.2 Å². The molecule has 1 aromatic heterocycles. The first kappa shape index (κ1) is 13.2. The average Bonchev–Trinajstić information content (AvgIpc) is 2.82. The molecule has 1 aliphatic carbocycles. The van der Waals surface area contributed by atoms with Gasteiger partial charge in [-0.15, -0.1) is 0 Å². The smallest absolute Gasteiger partial charge is 0.248 e. The van der Waals surface area contributed by atoms with Gasteiger partial charge in [0.05, 0.1) is 0 Å². The van der Waals surface area contributed by atoms with E-state index in [0.717, 1.165) is 36.7 Å². The lowest BCUT2D eigenvalue weighted by atomic mass is 9.91. The Balaban J connectivity index is 1.96. The monoisotopic (exact) mass is 271 g/mol. The number of H-pyrrole nitrogens is 1. The maximum absolute atomic E-state index is 11.3. The second-order valence-corrected chi connectivity index (χ2v) is 5.60. The van der Waals surface area contributed by atoms with Gasteiger partial charge in [-0.1, -0.05) is 6.92 Å². The van der Waals surface area contributed by atoms with Crippen molar-refractivity contribution in [1.82, 2.24) is 10.3 Å². The van der Waals surface area contributed by atoms with Gasteiger partial charge in [0.25, 0.3) is 0 Å². The molecule has 0 aliphatic heterocycles. The number of nitrogens with one attached hydrogen (secondary N) is 2. The summed E-state index contributed by atoms with van der Waals surface area (Å²) < 4.78 is 0. The third-order valence-corrected chi connectivity index (χ3v) is 4.16. The van der Waals surface area contributed by atoms with E-state index in [1.807, 2.05) is 12.1 Å². The Morgan fingerprint density at radius 3 is 3.10 bits per heavy atom. The van der Waals surface area contributed by atoms with Crippen LogP contribution in [0.5, 0.6) is 0 Å². The van der Waals surface area contributed by atoms with Crippen molar-refractivity contribution in [3.8, 4) is 0 Å². The normalized spacial score (nSPS) is 18.1. The molecule has 0 saturated heterocycles. The summed E-state index contributed by atoms with van der Waals surface area (Å²) in [5, 5.41) is 4.75. The maximum atomic E-state index is 11.3. The van der Waals surface area contributed by atoms with E-state index in [9.17, 15) is 4.79 Å². The molecule has 0 bridgehead atoms. The van der Waals surface area contributed by atoms with Gasteiger partial charge in [0.15, 0.2) is 0 Å². The maximum Gasteiger partial charge on any atom is 0.248 e. The van der Waals surface area contributed by atoms with Crippen LogP contribution >= 0.6 is 0 Å². The van der Waals surface area contributed by atoms with Crippen LogP contribution in [0.1, 0.15) is 41.4 Å². The van der Waals surface area contributed by atoms with Crippen molar-refractivity contribution >= 4 is 16.8 Å². The molecule has 4 nitrogen and oxygen atoms in total. The summed E-state index contributed by atoms with van der Waals surface area (Å²) in [5.41, 5.74) is 9.74. The molecule has 1 aromatic carbocycles. The minimum absolute atomic E-state index is 0.363. The van der Waals surface area contributed by atoms with E-state index in [1.165, 1.54) is 17.7 Å². The molecule has 0 fully saturated rings. The number of aromatic amines is 1. The van der Waals surface area contributed by atoms with Crippen molar-refractivity contribution < 1.29 is 4.79 Å². The van der Waals surface area contributed by atoms with E-state index >= 15 is 0 Å². The molecular formula is C16H21N3O. The molecule has 4 heteroatoms. The first-order valence-electron chi connectivity index (χ1n) is 7.35. The SMILES string of the molecule is CCCNC1CCc2[nH]c3ccc(C(N)=O)cc3c2C1. The van der Waals surface area contributed by atoms with Crippen LogP contribution in [0, 0.1) is 0 Å². The van der Waals surface area contributed by atoms with Gasteiger partial charge in [-0.05, 0) is 56.0 Å². The second kappa shape index (κ2) is 5.29. The molecule has 0 saturated carbocycles. The Hall–Kier alpha value is -1.81. The van der Waals surface area contributed by atoms with Gasteiger partial charge >= 0.3 is 0 Å². The zero-order valence-electron chi connectivity index (χ0n) is 11.8. The van der Waals surface area contributed by atoms with Gasteiger partial charge in [-0.25, -0.2) is 0 Å². The van der Waals surface area contributed by atoms with Crippen LogP contribution in [0.2, 0.25) is 0 Å². The van der Waals surface area contributed by atoms with E-state index in [-0.39, 0.29) is 5.91 Å². The van der Waals surface area contributed by atoms with E-state index in [0.29, 0.717) is 11.6 Å². The number of aryl methyl sites for hydroxylation is 1. The van der Waals surface area contributed by atoms with Crippen molar-refractivity contribution in [3.63, 3.8) is 0 Å². The second-order valence-electron chi connectivity index (χ2n) is 5.60. The summed E-state index contributed by atoms with van der Waals surface area (Å²) in [4.78, 5) is 14.8. The summed E-state index contributed by atoms with van der Waals surface area (Å²) in [6.45, 7) is 3.25. The largest absolute Gasteiger partial charge is 0.366 e. The van der Waals surface area contributed by atoms with E-state index < -0.39 is 0 Å². The van der Waals surface area contributed by atoms with Crippen LogP contribution in [0.4, 0.5) is 0 Å². The zero-order valence-corrected chi connectivity index (χ0v) is 11.8. The molecule has 4 N–H and O–H groups in total. The van der Waals surface area contributed by atoms with Crippen molar-refractivity contribution in [2.75, 3.05) is 6.54 Å². The Kier molecular flexibility index (Phi) is 3.49. The molecule has 1 amide bonds. The number of hydrogen-bond acceptors (Lipinski definition) is 2. The summed E-state index contributed by atoms with van der Waals surface area (Å²) in [6, 6.07) is 6.22. The predicted octanol–water partition coefficient (Wildman–Crippen LogP) is 2.12. The molecule has 1 aliphatic rings. The predicted molar refractivity (Wildman–Crippen MR) is 80.9 cm³/mol. The highest BCUT2D eigenvalue weighted by molar-refractivity contribution is 5.98. The van der Waals surface area contributed by atoms with Gasteiger partial charge < -0.3 is 16.0 Å². The van der Waals surface area contributed by atoms with Crippen LogP contribution in [-0.2, 0) is 12.8 Å². The summed E-state index contributed by atoms with van der Waals surface area (Å²) >= 11 is 0. The summed E-state index contributed by atoms with van der Waals surface area (Å²) in [5.74, 6) is -0.363. The highest BCUT2D eigenvalue weighted by Gasteiger charge is 2.22. The average molecular weight is 271 g/mol. The van der Waals surface area contributed by atoms with Crippen LogP contribution in [0.15, 0.2) is 18.2 Å². The Morgan fingerprint density at radius 2 is 2.35 bits per heavy atom. The topological polar surface area (TPSA) is 70.9 Å². The molecule has 2 aromatic rings. The van der Waals surface area contributed by atoms with Gasteiger partial charge in [-0.3, -0.25) is 4.79 Å². The molecule has 1 atom stereocenters. The lowest BCUT2D eigenvalue weighted by molar-refractivity contribution is 0.100. The minimum atomic E-state index is -0.363. The third kappa shape index (κ3) is 2.31. The first-order valence-corrected chi connectivity index (χ1v) is 7.35. The zero-order chi connectivity index (χ0) is 14.1. The fourth-order valence-corrected chi connectivity index (χ4v) is 3.09. The number of carbonyl (C=O) groups is 1. The number of amides is 1. The lowest BCUT2D eigenvalue weighted by Crippen LogP contribution is -2.34.